The summed E-state index contributed by atoms with van der Waals surface area (Å²) in [4.78, 5) is 29.7. The van der Waals surface area contributed by atoms with Crippen LogP contribution in [0.4, 0.5) is 26.3 Å². The largest absolute Gasteiger partial charge is 0.416 e. The molecule has 4 rings (SSSR count). The van der Waals surface area contributed by atoms with Gasteiger partial charge in [-0.3, -0.25) is 14.6 Å². The molecule has 0 radical (unpaired) electrons. The van der Waals surface area contributed by atoms with Crippen LogP contribution in [0.1, 0.15) is 74.3 Å². The minimum absolute atomic E-state index is 0.0275. The van der Waals surface area contributed by atoms with Crippen LogP contribution in [-0.4, -0.2) is 37.6 Å². The maximum absolute atomic E-state index is 13.5. The summed E-state index contributed by atoms with van der Waals surface area (Å²) in [5.41, 5.74) is -3.38. The number of alkyl halides is 6. The van der Waals surface area contributed by atoms with E-state index in [1.54, 1.807) is 6.21 Å². The van der Waals surface area contributed by atoms with Gasteiger partial charge >= 0.3 is 12.4 Å². The molecule has 0 bridgehead atoms. The smallest absolute Gasteiger partial charge is 0.373 e. The summed E-state index contributed by atoms with van der Waals surface area (Å²) in [5.74, 6) is -0.700. The topological polar surface area (TPSA) is 67.8 Å². The van der Waals surface area contributed by atoms with Crippen molar-refractivity contribution in [2.45, 2.75) is 69.8 Å². The highest BCUT2D eigenvalue weighted by molar-refractivity contribution is 6.02. The van der Waals surface area contributed by atoms with Crippen LogP contribution in [0.2, 0.25) is 0 Å². The molecule has 0 spiro atoms. The summed E-state index contributed by atoms with van der Waals surface area (Å²) in [5, 5.41) is 2.82. The number of halogens is 6. The van der Waals surface area contributed by atoms with Crippen molar-refractivity contribution in [1.82, 2.24) is 5.32 Å². The fourth-order valence-corrected chi connectivity index (χ4v) is 6.24. The molecule has 1 aliphatic heterocycles. The van der Waals surface area contributed by atoms with E-state index in [1.807, 2.05) is 37.3 Å². The lowest BCUT2D eigenvalue weighted by molar-refractivity contribution is -0.143. The molecule has 1 heterocycles. The van der Waals surface area contributed by atoms with E-state index in [0.29, 0.717) is 44.4 Å². The number of benzene rings is 2. The third kappa shape index (κ3) is 6.88. The molecule has 2 aromatic carbocycles. The molecule has 1 fully saturated rings. The molecule has 42 heavy (non-hydrogen) atoms. The van der Waals surface area contributed by atoms with Gasteiger partial charge in [0.05, 0.1) is 36.3 Å². The number of Topliss-reactive ketones (excluding diaryl/α,β-unsaturated/α-hetero) is 1. The molecule has 1 aliphatic carbocycles. The first-order valence-corrected chi connectivity index (χ1v) is 13.9. The Labute approximate surface area is 240 Å². The van der Waals surface area contributed by atoms with Gasteiger partial charge < -0.3 is 10.1 Å². The van der Waals surface area contributed by atoms with Crippen LogP contribution in [0.3, 0.4) is 0 Å². The Morgan fingerprint density at radius 1 is 1.00 bits per heavy atom. The van der Waals surface area contributed by atoms with Crippen LogP contribution >= 0.6 is 0 Å². The van der Waals surface area contributed by atoms with E-state index < -0.39 is 46.3 Å². The zero-order chi connectivity index (χ0) is 30.8. The number of hydrogen-bond donors (Lipinski definition) is 1. The molecule has 2 atom stereocenters. The Hall–Kier alpha value is -3.21. The second-order valence-electron chi connectivity index (χ2n) is 11.4. The molecular formula is C31H34F6N2O3. The molecule has 0 aromatic heterocycles. The molecule has 11 heteroatoms. The van der Waals surface area contributed by atoms with Crippen molar-refractivity contribution in [3.63, 3.8) is 0 Å². The number of nitrogens with zero attached hydrogens (tertiary/aromatic N) is 1. The standard InChI is InChI=1S/C31H34F6N2O3/c1-3-39-27(41)16-28(25-17-38-18-26(25)40)9-11-29(12-10-28,22-7-5-4-6-8-22)19-42-20(2)21-13-23(30(32,33)34)15-24(14-21)31(35,36)37/h4-8,13-15,17,20,25H,3,9-12,16,18-19H2,1-2H3,(H,39,41)/t20-,25?,28?,29?/m1/s1. The molecule has 1 N–H and O–H groups in total. The Bertz CT molecular complexity index is 1270. The monoisotopic (exact) mass is 596 g/mol. The van der Waals surface area contributed by atoms with E-state index in [-0.39, 0.29) is 42.9 Å². The molecule has 1 amide bonds. The third-order valence-electron chi connectivity index (χ3n) is 8.67. The molecule has 2 aromatic rings. The van der Waals surface area contributed by atoms with Crippen molar-refractivity contribution in [3.8, 4) is 0 Å². The zero-order valence-electron chi connectivity index (χ0n) is 23.4. The van der Waals surface area contributed by atoms with E-state index in [9.17, 15) is 35.9 Å². The SMILES string of the molecule is CCNC(=O)CC1(C2C=NCC2=O)CCC(CO[C@H](C)c2cc(C(F)(F)F)cc(C(F)(F)F)c2)(c2ccccc2)CC1. The van der Waals surface area contributed by atoms with Crippen molar-refractivity contribution in [1.29, 1.82) is 0 Å². The van der Waals surface area contributed by atoms with Crippen LogP contribution in [0.15, 0.2) is 53.5 Å². The van der Waals surface area contributed by atoms with Gasteiger partial charge in [0.15, 0.2) is 5.78 Å². The number of carbonyl (C=O) groups is 2. The highest BCUT2D eigenvalue weighted by Crippen LogP contribution is 2.53. The number of amides is 1. The fourth-order valence-electron chi connectivity index (χ4n) is 6.24. The highest BCUT2D eigenvalue weighted by atomic mass is 19.4. The average molecular weight is 597 g/mol. The molecule has 1 unspecified atom stereocenters. The minimum atomic E-state index is -4.96. The predicted octanol–water partition coefficient (Wildman–Crippen LogP) is 7.10. The van der Waals surface area contributed by atoms with Crippen molar-refractivity contribution >= 4 is 17.9 Å². The van der Waals surface area contributed by atoms with Crippen molar-refractivity contribution in [2.24, 2.45) is 16.3 Å². The summed E-state index contributed by atoms with van der Waals surface area (Å²) in [6, 6.07) is 10.9. The Morgan fingerprint density at radius 2 is 1.60 bits per heavy atom. The number of ether oxygens (including phenoxy) is 1. The van der Waals surface area contributed by atoms with Gasteiger partial charge in [-0.15, -0.1) is 0 Å². The highest BCUT2D eigenvalue weighted by Gasteiger charge is 2.51. The van der Waals surface area contributed by atoms with Crippen LogP contribution in [0.5, 0.6) is 0 Å². The molecule has 2 aliphatic rings. The predicted molar refractivity (Wildman–Crippen MR) is 145 cm³/mol. The van der Waals surface area contributed by atoms with Gasteiger partial charge in [-0.25, -0.2) is 0 Å². The van der Waals surface area contributed by atoms with Gasteiger partial charge in [-0.1, -0.05) is 30.3 Å². The van der Waals surface area contributed by atoms with Gasteiger partial charge in [0.1, 0.15) is 0 Å². The number of nitrogens with one attached hydrogen (secondary N) is 1. The first kappa shape index (κ1) is 31.7. The van der Waals surface area contributed by atoms with E-state index in [4.69, 9.17) is 4.74 Å². The van der Waals surface area contributed by atoms with Crippen LogP contribution in [0, 0.1) is 11.3 Å². The number of rotatable bonds is 9. The van der Waals surface area contributed by atoms with Gasteiger partial charge in [0.2, 0.25) is 5.91 Å². The average Bonchev–Trinajstić information content (AvgIpc) is 3.38. The first-order chi connectivity index (χ1) is 19.7. The third-order valence-corrected chi connectivity index (χ3v) is 8.67. The molecule has 228 valence electrons. The van der Waals surface area contributed by atoms with E-state index in [1.165, 1.54) is 6.92 Å². The zero-order valence-corrected chi connectivity index (χ0v) is 23.4. The van der Waals surface area contributed by atoms with E-state index >= 15 is 0 Å². The Kier molecular flexibility index (Phi) is 9.20. The van der Waals surface area contributed by atoms with Crippen LogP contribution in [-0.2, 0) is 32.1 Å². The van der Waals surface area contributed by atoms with Gasteiger partial charge in [-0.05, 0) is 74.3 Å². The van der Waals surface area contributed by atoms with Crippen molar-refractivity contribution < 1.29 is 40.7 Å². The lowest BCUT2D eigenvalue weighted by Crippen LogP contribution is -2.47. The summed E-state index contributed by atoms with van der Waals surface area (Å²) in [6.07, 6.45) is -7.23. The normalized spacial score (nSPS) is 25.4. The quantitative estimate of drug-likeness (QED) is 0.314. The van der Waals surface area contributed by atoms with E-state index in [0.717, 1.165) is 5.56 Å². The summed E-state index contributed by atoms with van der Waals surface area (Å²) in [7, 11) is 0. The van der Waals surface area contributed by atoms with E-state index in [2.05, 4.69) is 10.3 Å². The molecule has 0 saturated heterocycles. The van der Waals surface area contributed by atoms with Crippen LogP contribution < -0.4 is 5.32 Å². The maximum atomic E-state index is 13.5. The first-order valence-electron chi connectivity index (χ1n) is 13.9. The number of hydrogen-bond acceptors (Lipinski definition) is 4. The Morgan fingerprint density at radius 3 is 2.10 bits per heavy atom. The minimum Gasteiger partial charge on any atom is -0.373 e. The van der Waals surface area contributed by atoms with Crippen LogP contribution in [0.25, 0.3) is 0 Å². The lowest BCUT2D eigenvalue weighted by Gasteiger charge is -2.48. The van der Waals surface area contributed by atoms with Gasteiger partial charge in [-0.2, -0.15) is 26.3 Å². The summed E-state index contributed by atoms with van der Waals surface area (Å²) >= 11 is 0. The van der Waals surface area contributed by atoms with Gasteiger partial charge in [0.25, 0.3) is 0 Å². The second kappa shape index (κ2) is 12.2. The van der Waals surface area contributed by atoms with Gasteiger partial charge in [0, 0.05) is 24.6 Å². The number of ketones is 1. The molecule has 1 saturated carbocycles. The fraction of sp³-hybridized carbons (Fsp3) is 0.516. The van der Waals surface area contributed by atoms with Crippen molar-refractivity contribution in [3.05, 3.63) is 70.8 Å². The lowest BCUT2D eigenvalue weighted by atomic mass is 9.56. The number of carbonyl (C=O) groups excluding carboxylic acids is 2. The molecular weight excluding hydrogens is 562 g/mol. The Balaban J connectivity index is 1.62. The van der Waals surface area contributed by atoms with Crippen molar-refractivity contribution in [2.75, 3.05) is 19.7 Å². The molecule has 5 nitrogen and oxygen atoms in total. The summed E-state index contributed by atoms with van der Waals surface area (Å²) < 4.78 is 86.8. The maximum Gasteiger partial charge on any atom is 0.416 e. The second-order valence-corrected chi connectivity index (χ2v) is 11.4. The number of aliphatic imine (C=N–C) groups is 1. The summed E-state index contributed by atoms with van der Waals surface area (Å²) in [6.45, 7) is 3.80.